The predicted molar refractivity (Wildman–Crippen MR) is 81.8 cm³/mol. The van der Waals surface area contributed by atoms with Gasteiger partial charge in [-0.15, -0.1) is 0 Å². The number of likely N-dealkylation sites (N-methyl/N-ethyl adjacent to an activating group) is 1. The Morgan fingerprint density at radius 1 is 1.35 bits per heavy atom. The van der Waals surface area contributed by atoms with Crippen molar-refractivity contribution in [2.24, 2.45) is 0 Å². The number of aromatic nitrogens is 2. The lowest BCUT2D eigenvalue weighted by Crippen LogP contribution is -2.49. The van der Waals surface area contributed by atoms with E-state index < -0.39 is 6.10 Å². The fourth-order valence-corrected chi connectivity index (χ4v) is 2.78. The Balaban J connectivity index is 1.98. The number of hydrogen-bond acceptors (Lipinski definition) is 3. The van der Waals surface area contributed by atoms with Gasteiger partial charge in [0.15, 0.2) is 0 Å². The van der Waals surface area contributed by atoms with Crippen molar-refractivity contribution >= 4 is 0 Å². The third-order valence-corrected chi connectivity index (χ3v) is 4.98. The first-order valence-corrected chi connectivity index (χ1v) is 7.81. The van der Waals surface area contributed by atoms with E-state index in [4.69, 9.17) is 0 Å². The minimum Gasteiger partial charge on any atom is -0.391 e. The third-order valence-electron chi connectivity index (χ3n) is 4.98. The molecule has 1 N–H and O–H groups in total. The van der Waals surface area contributed by atoms with Gasteiger partial charge < -0.3 is 10.0 Å². The average Bonchev–Trinajstić information content (AvgIpc) is 2.88. The zero-order valence-corrected chi connectivity index (χ0v) is 13.3. The molecule has 1 aliphatic carbocycles. The van der Waals surface area contributed by atoms with Crippen LogP contribution in [-0.2, 0) is 6.42 Å². The molecule has 4 nitrogen and oxygen atoms in total. The van der Waals surface area contributed by atoms with E-state index in [1.807, 2.05) is 14.1 Å². The smallest absolute Gasteiger partial charge is 0.0774 e. The van der Waals surface area contributed by atoms with Crippen molar-refractivity contribution in [2.45, 2.75) is 70.1 Å². The molecule has 0 spiro atoms. The van der Waals surface area contributed by atoms with Gasteiger partial charge in [0.1, 0.15) is 0 Å². The molecule has 20 heavy (non-hydrogen) atoms. The van der Waals surface area contributed by atoms with Crippen molar-refractivity contribution in [3.8, 4) is 0 Å². The lowest BCUT2D eigenvalue weighted by atomic mass is 9.92. The summed E-state index contributed by atoms with van der Waals surface area (Å²) in [6.07, 6.45) is 8.77. The molecule has 1 aromatic rings. The summed E-state index contributed by atoms with van der Waals surface area (Å²) in [7, 11) is 4.01. The highest BCUT2D eigenvalue weighted by atomic mass is 16.3. The maximum Gasteiger partial charge on any atom is 0.0774 e. The summed E-state index contributed by atoms with van der Waals surface area (Å²) in [6, 6.07) is 2.63. The lowest BCUT2D eigenvalue weighted by molar-refractivity contribution is 0.0175. The SMILES string of the molecule is CN(C)C(C)(C)C(O)Cc1ccn(C2CCCCC2)n1. The zero-order chi connectivity index (χ0) is 14.8. The molecule has 1 heterocycles. The van der Waals surface area contributed by atoms with Gasteiger partial charge in [-0.05, 0) is 46.9 Å². The largest absolute Gasteiger partial charge is 0.391 e. The van der Waals surface area contributed by atoms with Crippen LogP contribution in [0.15, 0.2) is 12.3 Å². The predicted octanol–water partition coefficient (Wildman–Crippen LogP) is 2.63. The second-order valence-electron chi connectivity index (χ2n) is 6.85. The number of hydrogen-bond donors (Lipinski definition) is 1. The number of aliphatic hydroxyl groups is 1. The van der Waals surface area contributed by atoms with Crippen LogP contribution in [0.4, 0.5) is 0 Å². The molecule has 0 aliphatic heterocycles. The first-order chi connectivity index (χ1) is 9.41. The number of aliphatic hydroxyl groups excluding tert-OH is 1. The summed E-state index contributed by atoms with van der Waals surface area (Å²) >= 11 is 0. The molecule has 4 heteroatoms. The minimum atomic E-state index is -0.410. The molecule has 1 aromatic heterocycles. The first kappa shape index (κ1) is 15.5. The van der Waals surface area contributed by atoms with Gasteiger partial charge in [0.25, 0.3) is 0 Å². The van der Waals surface area contributed by atoms with Gasteiger partial charge in [0.05, 0.1) is 17.8 Å². The molecule has 0 bridgehead atoms. The van der Waals surface area contributed by atoms with Crippen molar-refractivity contribution in [1.82, 2.24) is 14.7 Å². The minimum absolute atomic E-state index is 0.241. The van der Waals surface area contributed by atoms with Crippen LogP contribution in [0.2, 0.25) is 0 Å². The van der Waals surface area contributed by atoms with Crippen molar-refractivity contribution in [1.29, 1.82) is 0 Å². The molecular weight excluding hydrogens is 250 g/mol. The van der Waals surface area contributed by atoms with Crippen molar-refractivity contribution < 1.29 is 5.11 Å². The summed E-state index contributed by atoms with van der Waals surface area (Å²) in [5.41, 5.74) is 0.757. The highest BCUT2D eigenvalue weighted by Gasteiger charge is 2.30. The van der Waals surface area contributed by atoms with Gasteiger partial charge in [-0.25, -0.2) is 0 Å². The monoisotopic (exact) mass is 279 g/mol. The van der Waals surface area contributed by atoms with E-state index in [1.54, 1.807) is 0 Å². The highest BCUT2D eigenvalue weighted by Crippen LogP contribution is 2.27. The fourth-order valence-electron chi connectivity index (χ4n) is 2.78. The van der Waals surface area contributed by atoms with Crippen LogP contribution in [0.25, 0.3) is 0 Å². The van der Waals surface area contributed by atoms with Gasteiger partial charge >= 0.3 is 0 Å². The maximum absolute atomic E-state index is 10.4. The summed E-state index contributed by atoms with van der Waals surface area (Å²) in [5.74, 6) is 0. The van der Waals surface area contributed by atoms with E-state index in [-0.39, 0.29) is 5.54 Å². The van der Waals surface area contributed by atoms with Crippen LogP contribution in [0, 0.1) is 0 Å². The van der Waals surface area contributed by atoms with E-state index in [0.717, 1.165) is 5.69 Å². The van der Waals surface area contributed by atoms with Gasteiger partial charge in [0.2, 0.25) is 0 Å². The van der Waals surface area contributed by atoms with E-state index in [2.05, 4.69) is 40.8 Å². The molecule has 114 valence electrons. The molecule has 0 saturated heterocycles. The number of nitrogens with zero attached hydrogens (tertiary/aromatic N) is 3. The van der Waals surface area contributed by atoms with Crippen LogP contribution in [0.5, 0.6) is 0 Å². The molecular formula is C16H29N3O. The Hall–Kier alpha value is -0.870. The highest BCUT2D eigenvalue weighted by molar-refractivity contribution is 5.04. The Morgan fingerprint density at radius 2 is 2.00 bits per heavy atom. The van der Waals surface area contributed by atoms with Crippen LogP contribution >= 0.6 is 0 Å². The van der Waals surface area contributed by atoms with Crippen molar-refractivity contribution in [2.75, 3.05) is 14.1 Å². The van der Waals surface area contributed by atoms with Crippen LogP contribution in [-0.4, -0.2) is 45.5 Å². The summed E-state index contributed by atoms with van der Waals surface area (Å²) in [6.45, 7) is 4.13. The van der Waals surface area contributed by atoms with Crippen LogP contribution in [0.1, 0.15) is 57.7 Å². The van der Waals surface area contributed by atoms with Crippen LogP contribution in [0.3, 0.4) is 0 Å². The Bertz CT molecular complexity index is 419. The third kappa shape index (κ3) is 3.41. The average molecular weight is 279 g/mol. The molecule has 0 amide bonds. The normalized spacial score (nSPS) is 19.5. The molecule has 2 rings (SSSR count). The summed E-state index contributed by atoms with van der Waals surface area (Å²) in [4.78, 5) is 2.07. The maximum atomic E-state index is 10.4. The Morgan fingerprint density at radius 3 is 2.60 bits per heavy atom. The molecule has 1 saturated carbocycles. The second kappa shape index (κ2) is 6.27. The zero-order valence-electron chi connectivity index (χ0n) is 13.3. The van der Waals surface area contributed by atoms with E-state index >= 15 is 0 Å². The van der Waals surface area contributed by atoms with Crippen molar-refractivity contribution in [3.05, 3.63) is 18.0 Å². The van der Waals surface area contributed by atoms with Gasteiger partial charge in [-0.2, -0.15) is 5.10 Å². The van der Waals surface area contributed by atoms with E-state index in [9.17, 15) is 5.11 Å². The number of rotatable bonds is 5. The Labute approximate surface area is 122 Å². The topological polar surface area (TPSA) is 41.3 Å². The first-order valence-electron chi connectivity index (χ1n) is 7.81. The summed E-state index contributed by atoms with van der Waals surface area (Å²) < 4.78 is 2.11. The van der Waals surface area contributed by atoms with Crippen molar-refractivity contribution in [3.63, 3.8) is 0 Å². The van der Waals surface area contributed by atoms with E-state index in [0.29, 0.717) is 12.5 Å². The standard InChI is InChI=1S/C16H29N3O/c1-16(2,18(3)4)15(20)12-13-10-11-19(17-13)14-8-6-5-7-9-14/h10-11,14-15,20H,5-9,12H2,1-4H3. The Kier molecular flexibility index (Phi) is 4.86. The molecule has 0 aromatic carbocycles. The fraction of sp³-hybridized carbons (Fsp3) is 0.812. The summed E-state index contributed by atoms with van der Waals surface area (Å²) in [5, 5.41) is 15.1. The van der Waals surface area contributed by atoms with Gasteiger partial charge in [-0.1, -0.05) is 19.3 Å². The molecule has 1 fully saturated rings. The second-order valence-corrected chi connectivity index (χ2v) is 6.85. The van der Waals surface area contributed by atoms with Gasteiger partial charge in [0, 0.05) is 18.2 Å². The molecule has 1 atom stereocenters. The molecule has 0 radical (unpaired) electrons. The van der Waals surface area contributed by atoms with Gasteiger partial charge in [-0.3, -0.25) is 4.68 Å². The van der Waals surface area contributed by atoms with Crippen LogP contribution < -0.4 is 0 Å². The molecule has 1 aliphatic rings. The lowest BCUT2D eigenvalue weighted by Gasteiger charge is -2.36. The van der Waals surface area contributed by atoms with E-state index in [1.165, 1.54) is 32.1 Å². The quantitative estimate of drug-likeness (QED) is 0.901. The molecule has 1 unspecified atom stereocenters.